The van der Waals surface area contributed by atoms with Crippen LogP contribution in [0.15, 0.2) is 5.57 Å². The van der Waals surface area contributed by atoms with Crippen LogP contribution in [0.4, 0.5) is 13.2 Å². The summed E-state index contributed by atoms with van der Waals surface area (Å²) >= 11 is 0. The highest BCUT2D eigenvalue weighted by Crippen LogP contribution is 2.65. The highest BCUT2D eigenvalue weighted by Gasteiger charge is 2.60. The van der Waals surface area contributed by atoms with Crippen molar-refractivity contribution in [3.8, 4) is 0 Å². The zero-order valence-electron chi connectivity index (χ0n) is 17.7. The first-order chi connectivity index (χ1) is 14.0. The van der Waals surface area contributed by atoms with Crippen LogP contribution in [0, 0.1) is 28.6 Å². The van der Waals surface area contributed by atoms with Gasteiger partial charge in [0.25, 0.3) is 0 Å². The molecule has 1 N–H and O–H groups in total. The number of carbonyl (C=O) groups excluding carboxylic acids is 1. The molecule has 0 aliphatic heterocycles. The van der Waals surface area contributed by atoms with Crippen molar-refractivity contribution in [2.45, 2.75) is 78.0 Å². The molecule has 0 amide bonds. The van der Waals surface area contributed by atoms with Crippen molar-refractivity contribution >= 4 is 12.0 Å². The molecule has 3 saturated carbocycles. The van der Waals surface area contributed by atoms with Crippen LogP contribution < -0.4 is 0 Å². The number of ether oxygens (including phenoxy) is 1. The summed E-state index contributed by atoms with van der Waals surface area (Å²) in [4.78, 5) is 11.6. The number of halogens is 3. The molecule has 4 aliphatic carbocycles. The number of aromatic nitrogens is 2. The van der Waals surface area contributed by atoms with Gasteiger partial charge in [0.1, 0.15) is 11.8 Å². The van der Waals surface area contributed by atoms with Crippen molar-refractivity contribution < 1.29 is 22.7 Å². The quantitative estimate of drug-likeness (QED) is 0.605. The van der Waals surface area contributed by atoms with Crippen LogP contribution in [0.25, 0.3) is 6.08 Å². The molecule has 4 nitrogen and oxygen atoms in total. The highest BCUT2D eigenvalue weighted by atomic mass is 19.4. The lowest BCUT2D eigenvalue weighted by molar-refractivity contribution is -0.157. The van der Waals surface area contributed by atoms with Crippen molar-refractivity contribution in [3.05, 3.63) is 22.5 Å². The molecule has 4 aliphatic rings. The van der Waals surface area contributed by atoms with Crippen LogP contribution in [-0.4, -0.2) is 22.3 Å². The minimum atomic E-state index is -4.41. The van der Waals surface area contributed by atoms with Gasteiger partial charge in [0.15, 0.2) is 0 Å². The Morgan fingerprint density at radius 1 is 1.20 bits per heavy atom. The number of fused-ring (bicyclic) bond motifs is 6. The Kier molecular flexibility index (Phi) is 4.27. The third-order valence-electron chi connectivity index (χ3n) is 8.99. The molecule has 7 heteroatoms. The van der Waals surface area contributed by atoms with Gasteiger partial charge in [-0.05, 0) is 74.2 Å². The number of esters is 1. The van der Waals surface area contributed by atoms with E-state index >= 15 is 0 Å². The summed E-state index contributed by atoms with van der Waals surface area (Å²) in [5, 5.41) is 6.24. The summed E-state index contributed by atoms with van der Waals surface area (Å²) < 4.78 is 46.3. The van der Waals surface area contributed by atoms with E-state index in [0.717, 1.165) is 38.5 Å². The van der Waals surface area contributed by atoms with E-state index in [2.05, 4.69) is 24.0 Å². The molecule has 3 fully saturated rings. The number of alkyl halides is 3. The van der Waals surface area contributed by atoms with Gasteiger partial charge in [0.2, 0.25) is 0 Å². The number of rotatable bonds is 1. The Morgan fingerprint density at radius 2 is 1.97 bits per heavy atom. The molecule has 0 saturated heterocycles. The van der Waals surface area contributed by atoms with Crippen molar-refractivity contribution in [2.24, 2.45) is 28.6 Å². The molecule has 6 atom stereocenters. The van der Waals surface area contributed by atoms with Gasteiger partial charge in [-0.25, -0.2) is 0 Å². The summed E-state index contributed by atoms with van der Waals surface area (Å²) in [6, 6.07) is 0. The zero-order chi connectivity index (χ0) is 21.5. The largest absolute Gasteiger partial charge is 0.462 e. The zero-order valence-corrected chi connectivity index (χ0v) is 17.7. The molecule has 5 rings (SSSR count). The molecule has 0 radical (unpaired) electrons. The fourth-order valence-corrected chi connectivity index (χ4v) is 7.60. The SMILES string of the molecule is CC(=O)OC1CCC2C3CCC4=Cc5n[nH]c(C(F)(F)F)c5CC4(C)C3CCC12C. The van der Waals surface area contributed by atoms with E-state index in [9.17, 15) is 18.0 Å². The van der Waals surface area contributed by atoms with E-state index < -0.39 is 11.9 Å². The summed E-state index contributed by atoms with van der Waals surface area (Å²) in [7, 11) is 0. The van der Waals surface area contributed by atoms with Gasteiger partial charge in [0, 0.05) is 17.9 Å². The van der Waals surface area contributed by atoms with Crippen molar-refractivity contribution in [1.29, 1.82) is 0 Å². The van der Waals surface area contributed by atoms with E-state index in [1.807, 2.05) is 6.08 Å². The van der Waals surface area contributed by atoms with Crippen LogP contribution in [0.2, 0.25) is 0 Å². The number of hydrogen-bond donors (Lipinski definition) is 1. The van der Waals surface area contributed by atoms with Gasteiger partial charge in [-0.1, -0.05) is 19.4 Å². The first-order valence-electron chi connectivity index (χ1n) is 11.1. The average Bonchev–Trinajstić information content (AvgIpc) is 3.19. The summed E-state index contributed by atoms with van der Waals surface area (Å²) in [5.74, 6) is 1.07. The number of nitrogens with zero attached hydrogens (tertiary/aromatic N) is 1. The lowest BCUT2D eigenvalue weighted by Crippen LogP contribution is -2.52. The number of hydrogen-bond acceptors (Lipinski definition) is 3. The molecule has 1 aromatic rings. The maximum Gasteiger partial charge on any atom is 0.433 e. The number of H-pyrrole nitrogens is 1. The highest BCUT2D eigenvalue weighted by molar-refractivity contribution is 5.66. The van der Waals surface area contributed by atoms with Gasteiger partial charge in [-0.2, -0.15) is 18.3 Å². The molecule has 1 heterocycles. The van der Waals surface area contributed by atoms with Crippen LogP contribution in [-0.2, 0) is 22.1 Å². The van der Waals surface area contributed by atoms with E-state index in [1.165, 1.54) is 12.5 Å². The van der Waals surface area contributed by atoms with Crippen LogP contribution in [0.1, 0.15) is 76.2 Å². The lowest BCUT2D eigenvalue weighted by atomic mass is 9.47. The maximum atomic E-state index is 13.5. The van der Waals surface area contributed by atoms with Crippen molar-refractivity contribution in [1.82, 2.24) is 10.2 Å². The second-order valence-electron chi connectivity index (χ2n) is 10.4. The predicted octanol–water partition coefficient (Wildman–Crippen LogP) is 5.54. The minimum absolute atomic E-state index is 0.0169. The van der Waals surface area contributed by atoms with Gasteiger partial charge >= 0.3 is 12.1 Å². The number of nitrogens with one attached hydrogen (secondary N) is 1. The Balaban J connectivity index is 1.48. The van der Waals surface area contributed by atoms with Gasteiger partial charge in [-0.15, -0.1) is 0 Å². The van der Waals surface area contributed by atoms with Crippen molar-refractivity contribution in [2.75, 3.05) is 0 Å². The summed E-state index contributed by atoms with van der Waals surface area (Å²) in [5.41, 5.74) is 1.08. The Labute approximate surface area is 174 Å². The normalized spacial score (nSPS) is 40.0. The molecule has 0 bridgehead atoms. The van der Waals surface area contributed by atoms with E-state index in [1.54, 1.807) is 0 Å². The van der Waals surface area contributed by atoms with Crippen LogP contribution >= 0.6 is 0 Å². The summed E-state index contributed by atoms with van der Waals surface area (Å²) in [6.07, 6.45) is 3.72. The minimum Gasteiger partial charge on any atom is -0.462 e. The number of allylic oxidation sites excluding steroid dienone is 1. The fourth-order valence-electron chi connectivity index (χ4n) is 7.60. The molecule has 6 unspecified atom stereocenters. The van der Waals surface area contributed by atoms with Crippen LogP contribution in [0.5, 0.6) is 0 Å². The topological polar surface area (TPSA) is 55.0 Å². The average molecular weight is 422 g/mol. The van der Waals surface area contributed by atoms with Crippen LogP contribution in [0.3, 0.4) is 0 Å². The Bertz CT molecular complexity index is 920. The molecule has 164 valence electrons. The molecular weight excluding hydrogens is 393 g/mol. The second-order valence-corrected chi connectivity index (χ2v) is 10.4. The first kappa shape index (κ1) is 20.1. The van der Waals surface area contributed by atoms with E-state index in [0.29, 0.717) is 35.4 Å². The number of carbonyl (C=O) groups is 1. The third-order valence-corrected chi connectivity index (χ3v) is 8.99. The monoisotopic (exact) mass is 422 g/mol. The van der Waals surface area contributed by atoms with Gasteiger partial charge in [-0.3, -0.25) is 9.89 Å². The molecule has 30 heavy (non-hydrogen) atoms. The van der Waals surface area contributed by atoms with Gasteiger partial charge < -0.3 is 4.74 Å². The molecule has 0 aromatic carbocycles. The third kappa shape index (κ3) is 2.72. The van der Waals surface area contributed by atoms with Crippen molar-refractivity contribution in [3.63, 3.8) is 0 Å². The molecule has 0 spiro atoms. The Hall–Kier alpha value is -1.79. The summed E-state index contributed by atoms with van der Waals surface area (Å²) in [6.45, 7) is 5.91. The smallest absolute Gasteiger partial charge is 0.433 e. The van der Waals surface area contributed by atoms with Gasteiger partial charge in [0.05, 0.1) is 5.69 Å². The second kappa shape index (κ2) is 6.36. The lowest BCUT2D eigenvalue weighted by Gasteiger charge is -2.57. The molecule has 1 aromatic heterocycles. The maximum absolute atomic E-state index is 13.5. The number of aromatic amines is 1. The predicted molar refractivity (Wildman–Crippen MR) is 105 cm³/mol. The standard InChI is InChI=1S/C23H29F3N2O2/c1-12(29)30-19-7-6-16-14-5-4-13-10-18-15(20(28-27-18)23(24,25)26)11-22(13,3)17(14)8-9-21(16,19)2/h10,14,16-17,19H,4-9,11H2,1-3H3,(H,27,28). The first-order valence-corrected chi connectivity index (χ1v) is 11.1. The van der Waals surface area contributed by atoms with E-state index in [-0.39, 0.29) is 22.9 Å². The molecular formula is C23H29F3N2O2. The van der Waals surface area contributed by atoms with E-state index in [4.69, 9.17) is 4.74 Å². The fraction of sp³-hybridized carbons (Fsp3) is 0.739. The Morgan fingerprint density at radius 3 is 2.67 bits per heavy atom.